The van der Waals surface area contributed by atoms with Gasteiger partial charge in [-0.2, -0.15) is 11.8 Å². The molecule has 70 valence electrons. The number of hydrogen-bond acceptors (Lipinski definition) is 0. The summed E-state index contributed by atoms with van der Waals surface area (Å²) < 4.78 is -1.01. The molecule has 0 amide bonds. The van der Waals surface area contributed by atoms with Gasteiger partial charge in [0.25, 0.3) is 0 Å². The second kappa shape index (κ2) is 4.91. The van der Waals surface area contributed by atoms with Crippen molar-refractivity contribution < 1.29 is 21.1 Å². The molecule has 11 heavy (non-hydrogen) atoms. The van der Waals surface area contributed by atoms with E-state index in [0.717, 1.165) is 19.3 Å². The molecule has 0 aromatic carbocycles. The van der Waals surface area contributed by atoms with E-state index < -0.39 is 4.33 Å². The molecule has 1 atom stereocenters. The van der Waals surface area contributed by atoms with Gasteiger partial charge in [0.2, 0.25) is 0 Å². The first kappa shape index (κ1) is 12.8. The molecule has 0 radical (unpaired) electrons. The van der Waals surface area contributed by atoms with Gasteiger partial charge in [-0.05, 0) is 6.42 Å². The van der Waals surface area contributed by atoms with Crippen LogP contribution in [0.25, 0.3) is 0 Å². The Morgan fingerprint density at radius 3 is 2.27 bits per heavy atom. The molecule has 0 N–H and O–H groups in total. The van der Waals surface area contributed by atoms with Gasteiger partial charge in [0.05, 0.1) is 0 Å². The van der Waals surface area contributed by atoms with E-state index >= 15 is 0 Å². The van der Waals surface area contributed by atoms with Crippen LogP contribution < -0.4 is 0 Å². The summed E-state index contributed by atoms with van der Waals surface area (Å²) in [6.45, 7) is 0. The summed E-state index contributed by atoms with van der Waals surface area (Å²) >= 11 is 23.3. The van der Waals surface area contributed by atoms with Crippen molar-refractivity contribution in [2.75, 3.05) is 0 Å². The van der Waals surface area contributed by atoms with E-state index in [0.29, 0.717) is 5.38 Å². The first-order valence-electron chi connectivity index (χ1n) is 3.09. The van der Waals surface area contributed by atoms with E-state index in [1.165, 1.54) is 0 Å². The number of halogens is 4. The fourth-order valence-corrected chi connectivity index (χ4v) is 1.97. The zero-order chi connectivity index (χ0) is 7.78. The molecular formula is C6H7Cl4Pt-. The van der Waals surface area contributed by atoms with Gasteiger partial charge in [-0.15, -0.1) is 34.8 Å². The Morgan fingerprint density at radius 2 is 1.91 bits per heavy atom. The second-order valence-electron chi connectivity index (χ2n) is 2.39. The van der Waals surface area contributed by atoms with Crippen molar-refractivity contribution in [3.05, 3.63) is 5.38 Å². The van der Waals surface area contributed by atoms with Gasteiger partial charge in [0, 0.05) is 30.8 Å². The van der Waals surface area contributed by atoms with Crippen LogP contribution in [-0.4, -0.2) is 9.71 Å². The molecule has 0 aliphatic heterocycles. The van der Waals surface area contributed by atoms with Crippen molar-refractivity contribution >= 4 is 46.4 Å². The zero-order valence-electron chi connectivity index (χ0n) is 5.53. The molecule has 1 fully saturated rings. The molecule has 0 nitrogen and oxygen atoms in total. The molecule has 0 saturated heterocycles. The van der Waals surface area contributed by atoms with Crippen LogP contribution in [0.3, 0.4) is 0 Å². The van der Waals surface area contributed by atoms with Crippen LogP contribution in [0.2, 0.25) is 0 Å². The fraction of sp³-hybridized carbons (Fsp3) is 0.833. The van der Waals surface area contributed by atoms with Crippen LogP contribution in [0.1, 0.15) is 19.3 Å². The van der Waals surface area contributed by atoms with Gasteiger partial charge in [-0.25, -0.2) is 0 Å². The normalized spacial score (nSPS) is 31.1. The molecule has 1 aliphatic rings. The number of alkyl halides is 3. The molecule has 0 aromatic rings. The smallest absolute Gasteiger partial charge is 0.0396 e. The molecular weight excluding hydrogens is 409 g/mol. The van der Waals surface area contributed by atoms with Crippen LogP contribution in [0.5, 0.6) is 0 Å². The molecule has 0 aromatic heterocycles. The van der Waals surface area contributed by atoms with E-state index in [-0.39, 0.29) is 26.4 Å². The van der Waals surface area contributed by atoms with Gasteiger partial charge in [-0.1, -0.05) is 6.42 Å². The van der Waals surface area contributed by atoms with Crippen molar-refractivity contribution in [2.24, 2.45) is 0 Å². The van der Waals surface area contributed by atoms with Gasteiger partial charge in [-0.3, -0.25) is 0 Å². The monoisotopic (exact) mass is 414 g/mol. The summed E-state index contributed by atoms with van der Waals surface area (Å²) in [6.07, 6.45) is 2.59. The third-order valence-corrected chi connectivity index (χ3v) is 4.04. The number of hydrogen-bond donors (Lipinski definition) is 0. The maximum absolute atomic E-state index is 5.84. The Kier molecular flexibility index (Phi) is 5.74. The van der Waals surface area contributed by atoms with Gasteiger partial charge < -0.3 is 11.6 Å². The molecule has 5 heteroatoms. The van der Waals surface area contributed by atoms with E-state index in [1.54, 1.807) is 0 Å². The van der Waals surface area contributed by atoms with Crippen LogP contribution in [0.15, 0.2) is 0 Å². The standard InChI is InChI=1S/C6H7Cl4.Pt/c7-4-2-1-3-5(8)6(4,9)10;/h4H,1-3H2;/q-1;. The van der Waals surface area contributed by atoms with E-state index in [9.17, 15) is 0 Å². The summed E-state index contributed by atoms with van der Waals surface area (Å²) in [5.74, 6) is 0. The summed E-state index contributed by atoms with van der Waals surface area (Å²) in [5, 5.41) is 0.333. The molecule has 1 aliphatic carbocycles. The largest absolute Gasteiger partial charge is 0.343 e. The Morgan fingerprint density at radius 1 is 1.36 bits per heavy atom. The first-order valence-corrected chi connectivity index (χ1v) is 4.66. The summed E-state index contributed by atoms with van der Waals surface area (Å²) in [7, 11) is 0. The van der Waals surface area contributed by atoms with Crippen LogP contribution in [0, 0.1) is 5.38 Å². The summed E-state index contributed by atoms with van der Waals surface area (Å²) in [6, 6.07) is 0. The first-order chi connectivity index (χ1) is 4.55. The molecule has 1 unspecified atom stereocenters. The summed E-state index contributed by atoms with van der Waals surface area (Å²) in [5.41, 5.74) is 0. The van der Waals surface area contributed by atoms with Crippen LogP contribution in [-0.2, 0) is 21.1 Å². The zero-order valence-corrected chi connectivity index (χ0v) is 10.8. The predicted octanol–water partition coefficient (Wildman–Crippen LogP) is 3.72. The van der Waals surface area contributed by atoms with E-state index in [2.05, 4.69) is 0 Å². The molecule has 0 spiro atoms. The molecule has 1 rings (SSSR count). The quantitative estimate of drug-likeness (QED) is 0.418. The third kappa shape index (κ3) is 2.92. The van der Waals surface area contributed by atoms with Crippen molar-refractivity contribution in [2.45, 2.75) is 29.0 Å². The van der Waals surface area contributed by atoms with Gasteiger partial charge in [0.1, 0.15) is 0 Å². The maximum Gasteiger partial charge on any atom is 0.0396 e. The Balaban J connectivity index is 0.000001000. The minimum absolute atomic E-state index is 0. The van der Waals surface area contributed by atoms with Gasteiger partial charge >= 0.3 is 0 Å². The predicted molar refractivity (Wildman–Crippen MR) is 47.0 cm³/mol. The second-order valence-corrected chi connectivity index (χ2v) is 4.76. The van der Waals surface area contributed by atoms with Crippen LogP contribution >= 0.6 is 46.4 Å². The Hall–Kier alpha value is 1.85. The van der Waals surface area contributed by atoms with Crippen molar-refractivity contribution in [3.8, 4) is 0 Å². The fourth-order valence-electron chi connectivity index (χ4n) is 0.954. The topological polar surface area (TPSA) is 0 Å². The average Bonchev–Trinajstić information content (AvgIpc) is 1.84. The minimum Gasteiger partial charge on any atom is -0.343 e. The molecule has 0 heterocycles. The van der Waals surface area contributed by atoms with E-state index in [1.807, 2.05) is 0 Å². The van der Waals surface area contributed by atoms with Crippen LogP contribution in [0.4, 0.5) is 0 Å². The van der Waals surface area contributed by atoms with Crippen molar-refractivity contribution in [1.29, 1.82) is 0 Å². The SMILES string of the molecule is Cl[C-]1CCCC(Cl)C1(Cl)Cl.[Pt]. The Labute approximate surface area is 101 Å². The number of rotatable bonds is 0. The average molecular weight is 416 g/mol. The third-order valence-electron chi connectivity index (χ3n) is 1.61. The van der Waals surface area contributed by atoms with Gasteiger partial charge in [0.15, 0.2) is 0 Å². The Bertz CT molecular complexity index is 116. The summed E-state index contributed by atoms with van der Waals surface area (Å²) in [4.78, 5) is 0. The molecule has 1 saturated carbocycles. The minimum atomic E-state index is -1.01. The molecule has 0 bridgehead atoms. The maximum atomic E-state index is 5.84. The van der Waals surface area contributed by atoms with Crippen molar-refractivity contribution in [1.82, 2.24) is 0 Å². The van der Waals surface area contributed by atoms with E-state index in [4.69, 9.17) is 46.4 Å². The van der Waals surface area contributed by atoms with Crippen molar-refractivity contribution in [3.63, 3.8) is 0 Å².